The number of rotatable bonds is 7. The van der Waals surface area contributed by atoms with Crippen LogP contribution in [0.1, 0.15) is 18.5 Å². The molecule has 4 heterocycles. The maximum Gasteiger partial charge on any atom is 0.267 e. The highest BCUT2D eigenvalue weighted by Gasteiger charge is 2.24. The Morgan fingerprint density at radius 2 is 1.74 bits per heavy atom. The van der Waals surface area contributed by atoms with E-state index in [1.807, 2.05) is 61.0 Å². The van der Waals surface area contributed by atoms with Crippen LogP contribution in [0.5, 0.6) is 0 Å². The van der Waals surface area contributed by atoms with E-state index in [-0.39, 0.29) is 6.04 Å². The van der Waals surface area contributed by atoms with Gasteiger partial charge in [0, 0.05) is 60.4 Å². The first kappa shape index (κ1) is 25.7. The second-order valence-corrected chi connectivity index (χ2v) is 12.1. The lowest BCUT2D eigenvalue weighted by molar-refractivity contribution is 0.208. The molecule has 8 nitrogen and oxygen atoms in total. The van der Waals surface area contributed by atoms with Crippen LogP contribution in [0.25, 0.3) is 16.9 Å². The molecule has 0 saturated carbocycles. The van der Waals surface area contributed by atoms with Crippen LogP contribution in [-0.2, 0) is 16.6 Å². The molecule has 1 aliphatic heterocycles. The maximum absolute atomic E-state index is 13.2. The Morgan fingerprint density at radius 1 is 1.00 bits per heavy atom. The number of nitrogens with zero attached hydrogens (tertiary/aromatic N) is 5. The molecule has 39 heavy (non-hydrogen) atoms. The Kier molecular flexibility index (Phi) is 6.93. The molecule has 0 atom stereocenters. The lowest BCUT2D eigenvalue weighted by atomic mass is 10.0. The first-order chi connectivity index (χ1) is 18.9. The van der Waals surface area contributed by atoms with E-state index in [1.165, 1.54) is 3.97 Å². The molecular weight excluding hydrogens is 531 g/mol. The topological polar surface area (TPSA) is 84.5 Å². The van der Waals surface area contributed by atoms with Crippen LogP contribution in [0, 0.1) is 0 Å². The summed E-state index contributed by atoms with van der Waals surface area (Å²) >= 11 is 6.49. The highest BCUT2D eigenvalue weighted by molar-refractivity contribution is 7.90. The molecule has 198 valence electrons. The number of hydrogen-bond acceptors (Lipinski definition) is 6. The number of halogens is 1. The van der Waals surface area contributed by atoms with Gasteiger partial charge in [0.25, 0.3) is 10.0 Å². The van der Waals surface area contributed by atoms with Gasteiger partial charge in [-0.2, -0.15) is 9.61 Å². The van der Waals surface area contributed by atoms with Crippen molar-refractivity contribution in [3.63, 3.8) is 0 Å². The predicted octanol–water partition coefficient (Wildman–Crippen LogP) is 3.42. The van der Waals surface area contributed by atoms with Gasteiger partial charge in [0.2, 0.25) is 0 Å². The Hall–Kier alpha value is -3.60. The summed E-state index contributed by atoms with van der Waals surface area (Å²) in [6, 6.07) is 22.2. The molecule has 0 spiro atoms. The van der Waals surface area contributed by atoms with Crippen molar-refractivity contribution >= 4 is 46.4 Å². The fourth-order valence-corrected chi connectivity index (χ4v) is 6.74. The van der Waals surface area contributed by atoms with Crippen LogP contribution in [0.4, 0.5) is 5.82 Å². The molecule has 5 aromatic rings. The largest absolute Gasteiger partial charge is 0.367 e. The van der Waals surface area contributed by atoms with Gasteiger partial charge in [0.1, 0.15) is 13.7 Å². The van der Waals surface area contributed by atoms with Gasteiger partial charge in [-0.15, -0.1) is 0 Å². The third-order valence-corrected chi connectivity index (χ3v) is 9.29. The first-order valence-corrected chi connectivity index (χ1v) is 14.8. The maximum atomic E-state index is 13.2. The summed E-state index contributed by atoms with van der Waals surface area (Å²) in [5.74, 6) is 0.879. The van der Waals surface area contributed by atoms with Gasteiger partial charge in [-0.25, -0.2) is 17.4 Å². The molecule has 1 saturated heterocycles. The van der Waals surface area contributed by atoms with Gasteiger partial charge >= 0.3 is 0 Å². The predicted molar refractivity (Wildman–Crippen MR) is 157 cm³/mol. The minimum absolute atomic E-state index is 0.246. The van der Waals surface area contributed by atoms with Gasteiger partial charge in [-0.3, -0.25) is 4.90 Å². The smallest absolute Gasteiger partial charge is 0.267 e. The van der Waals surface area contributed by atoms with Crippen LogP contribution in [0.3, 0.4) is 0 Å². The Bertz CT molecular complexity index is 1730. The summed E-state index contributed by atoms with van der Waals surface area (Å²) in [6.45, 7) is 2.26. The molecule has 0 unspecified atom stereocenters. The quantitative estimate of drug-likeness (QED) is 0.308. The lowest BCUT2D eigenvalue weighted by Gasteiger charge is -2.33. The van der Waals surface area contributed by atoms with Crippen molar-refractivity contribution in [2.24, 2.45) is 0 Å². The van der Waals surface area contributed by atoms with E-state index in [4.69, 9.17) is 16.6 Å². The van der Waals surface area contributed by atoms with E-state index in [1.54, 1.807) is 36.5 Å². The number of likely N-dealkylation sites (tertiary alicyclic amines) is 1. The van der Waals surface area contributed by atoms with Crippen molar-refractivity contribution in [3.05, 3.63) is 95.9 Å². The highest BCUT2D eigenvalue weighted by Crippen LogP contribution is 2.29. The van der Waals surface area contributed by atoms with Gasteiger partial charge in [-0.1, -0.05) is 48.0 Å². The van der Waals surface area contributed by atoms with Crippen LogP contribution in [-0.4, -0.2) is 58.9 Å². The molecule has 0 aliphatic carbocycles. The Labute approximate surface area is 233 Å². The molecule has 11 heteroatoms. The summed E-state index contributed by atoms with van der Waals surface area (Å²) in [5.41, 5.74) is 4.24. The van der Waals surface area contributed by atoms with Crippen molar-refractivity contribution in [3.8, 4) is 11.3 Å². The van der Waals surface area contributed by atoms with E-state index in [0.717, 1.165) is 59.8 Å². The van der Waals surface area contributed by atoms with E-state index < -0.39 is 10.0 Å². The third kappa shape index (κ3) is 5.07. The van der Waals surface area contributed by atoms with E-state index >= 15 is 0 Å². The van der Waals surface area contributed by atoms with Crippen molar-refractivity contribution in [1.29, 1.82) is 0 Å². The average molecular weight is 559 g/mol. The van der Waals surface area contributed by atoms with Crippen LogP contribution < -0.4 is 10.8 Å². The second kappa shape index (κ2) is 10.5. The second-order valence-electron chi connectivity index (χ2n) is 9.88. The van der Waals surface area contributed by atoms with Gasteiger partial charge < -0.3 is 5.32 Å². The van der Waals surface area contributed by atoms with E-state index in [9.17, 15) is 8.42 Å². The average Bonchev–Trinajstić information content (AvgIpc) is 3.58. The monoisotopic (exact) mass is 558 g/mol. The fraction of sp³-hybridized carbons (Fsp3) is 0.214. The molecule has 0 radical (unpaired) electrons. The molecule has 1 fully saturated rings. The minimum atomic E-state index is -3.62. The zero-order valence-electron chi connectivity index (χ0n) is 21.5. The SMILES string of the molecule is Bc1cnn2c(NC3CCN(Cc4cccn4S(=O)(=O)c4ccccc4)CC3)cc(-c3ccccc3Cl)nc12. The van der Waals surface area contributed by atoms with Gasteiger partial charge in [-0.05, 0) is 48.6 Å². The van der Waals surface area contributed by atoms with Crippen molar-refractivity contribution in [2.75, 3.05) is 18.4 Å². The number of nitrogens with one attached hydrogen (secondary N) is 1. The molecule has 6 rings (SSSR count). The minimum Gasteiger partial charge on any atom is -0.367 e. The zero-order valence-corrected chi connectivity index (χ0v) is 23.1. The summed E-state index contributed by atoms with van der Waals surface area (Å²) < 4.78 is 29.6. The Balaban J connectivity index is 1.17. The summed E-state index contributed by atoms with van der Waals surface area (Å²) in [5, 5.41) is 8.90. The molecule has 0 bridgehead atoms. The summed E-state index contributed by atoms with van der Waals surface area (Å²) in [4.78, 5) is 7.44. The summed E-state index contributed by atoms with van der Waals surface area (Å²) in [7, 11) is -1.62. The van der Waals surface area contributed by atoms with Crippen molar-refractivity contribution in [2.45, 2.75) is 30.3 Å². The molecule has 0 amide bonds. The Morgan fingerprint density at radius 3 is 2.51 bits per heavy atom. The van der Waals surface area contributed by atoms with Gasteiger partial charge in [0.15, 0.2) is 5.65 Å². The molecule has 2 aromatic carbocycles. The van der Waals surface area contributed by atoms with Crippen LogP contribution in [0.2, 0.25) is 5.02 Å². The number of piperidine rings is 1. The van der Waals surface area contributed by atoms with E-state index in [0.29, 0.717) is 16.5 Å². The number of fused-ring (bicyclic) bond motifs is 1. The normalized spacial score (nSPS) is 15.1. The number of hydrogen-bond donors (Lipinski definition) is 1. The number of benzene rings is 2. The van der Waals surface area contributed by atoms with Crippen molar-refractivity contribution in [1.82, 2.24) is 23.5 Å². The van der Waals surface area contributed by atoms with Crippen molar-refractivity contribution < 1.29 is 8.42 Å². The molecular formula is C28H28BClN6O2S. The van der Waals surface area contributed by atoms with Crippen LogP contribution >= 0.6 is 11.6 Å². The summed E-state index contributed by atoms with van der Waals surface area (Å²) in [6.07, 6.45) is 5.28. The highest BCUT2D eigenvalue weighted by atomic mass is 35.5. The molecule has 1 N–H and O–H groups in total. The first-order valence-electron chi connectivity index (χ1n) is 13.0. The third-order valence-electron chi connectivity index (χ3n) is 7.22. The molecule has 3 aromatic heterocycles. The fourth-order valence-electron chi connectivity index (χ4n) is 5.12. The van der Waals surface area contributed by atoms with E-state index in [2.05, 4.69) is 15.3 Å². The number of aromatic nitrogens is 4. The van der Waals surface area contributed by atoms with Gasteiger partial charge in [0.05, 0.1) is 10.6 Å². The zero-order chi connectivity index (χ0) is 27.0. The molecule has 1 aliphatic rings. The van der Waals surface area contributed by atoms with Crippen LogP contribution in [0.15, 0.2) is 90.1 Å². The lowest BCUT2D eigenvalue weighted by Crippen LogP contribution is -2.39. The number of anilines is 1. The standard InChI is InChI=1S/C28H28BClN6O2S/c29-24-18-31-36-27(17-26(33-28(24)36)23-10-4-5-11-25(23)30)32-20-12-15-34(16-13-20)19-21-7-6-14-35(21)39(37,38)22-8-2-1-3-9-22/h1-11,14,17-18,20,32H,12-13,15-16,19,29H2.